The number of nitrogens with one attached hydrogen (secondary N) is 1. The van der Waals surface area contributed by atoms with Gasteiger partial charge in [-0.1, -0.05) is 66.7 Å². The number of ether oxygens (including phenoxy) is 4. The lowest BCUT2D eigenvalue weighted by molar-refractivity contribution is -0.128. The lowest BCUT2D eigenvalue weighted by atomic mass is 9.76. The molecule has 0 saturated heterocycles. The molecule has 286 valence electrons. The third-order valence-corrected chi connectivity index (χ3v) is 13.0. The Bertz CT molecular complexity index is 2780. The average Bonchev–Trinajstić information content (AvgIpc) is 3.53. The normalized spacial score (nSPS) is 22.1. The zero-order chi connectivity index (χ0) is 38.5. The summed E-state index contributed by atoms with van der Waals surface area (Å²) in [6, 6.07) is 36.2. The number of aromatic nitrogens is 1. The molecular weight excluding hydrogens is 727 g/mol. The molecule has 9 heteroatoms. The maximum Gasteiger partial charge on any atom is 0.254 e. The van der Waals surface area contributed by atoms with E-state index in [0.29, 0.717) is 47.7 Å². The van der Waals surface area contributed by atoms with Crippen molar-refractivity contribution < 1.29 is 28.5 Å². The maximum absolute atomic E-state index is 14.8. The molecule has 5 heterocycles. The summed E-state index contributed by atoms with van der Waals surface area (Å²) in [6.45, 7) is 1.52. The Kier molecular flexibility index (Phi) is 7.43. The Morgan fingerprint density at radius 3 is 2.22 bits per heavy atom. The van der Waals surface area contributed by atoms with Crippen LogP contribution in [0.15, 0.2) is 121 Å². The minimum absolute atomic E-state index is 0.0305. The van der Waals surface area contributed by atoms with Crippen LogP contribution in [-0.4, -0.2) is 53.3 Å². The predicted molar refractivity (Wildman–Crippen MR) is 219 cm³/mol. The van der Waals surface area contributed by atoms with Crippen LogP contribution in [-0.2, 0) is 11.2 Å². The summed E-state index contributed by atoms with van der Waals surface area (Å²) in [5.74, 6) is 3.58. The Hall–Kier alpha value is -6.74. The molecule has 1 aromatic heterocycles. The molecule has 0 bridgehead atoms. The third-order valence-electron chi connectivity index (χ3n) is 13.0. The SMILES string of the molecule is O=C(c1cccc(/C=C/C(=O)N2CCc3c([nH]c4ccccc34)C2c2ccc3c(c2)OCO3)c1)N1CCC2=C(C1c1ccc3c(c1)OCO3)[C@@H]1CC1c1ccccc12. The van der Waals surface area contributed by atoms with Crippen LogP contribution < -0.4 is 18.9 Å². The van der Waals surface area contributed by atoms with Crippen molar-refractivity contribution in [3.8, 4) is 23.0 Å². The fourth-order valence-electron chi connectivity index (χ4n) is 10.3. The van der Waals surface area contributed by atoms with Gasteiger partial charge in [-0.15, -0.1) is 0 Å². The predicted octanol–water partition coefficient (Wildman–Crippen LogP) is 8.97. The monoisotopic (exact) mass is 765 g/mol. The van der Waals surface area contributed by atoms with E-state index in [1.165, 1.54) is 33.2 Å². The number of amides is 2. The van der Waals surface area contributed by atoms with Crippen LogP contribution in [0.4, 0.5) is 0 Å². The number of nitrogens with zero attached hydrogens (tertiary/aromatic N) is 2. The van der Waals surface area contributed by atoms with Gasteiger partial charge < -0.3 is 33.7 Å². The van der Waals surface area contributed by atoms with E-state index in [0.717, 1.165) is 52.9 Å². The minimum atomic E-state index is -0.347. The topological polar surface area (TPSA) is 93.3 Å². The number of H-pyrrole nitrogens is 1. The third kappa shape index (κ3) is 5.22. The van der Waals surface area contributed by atoms with Crippen molar-refractivity contribution in [1.82, 2.24) is 14.8 Å². The molecule has 58 heavy (non-hydrogen) atoms. The van der Waals surface area contributed by atoms with Gasteiger partial charge in [0.1, 0.15) is 0 Å². The van der Waals surface area contributed by atoms with Crippen molar-refractivity contribution in [3.63, 3.8) is 0 Å². The van der Waals surface area contributed by atoms with Crippen LogP contribution >= 0.6 is 0 Å². The molecule has 12 rings (SSSR count). The lowest BCUT2D eigenvalue weighted by Gasteiger charge is -2.42. The van der Waals surface area contributed by atoms with Crippen LogP contribution in [0.1, 0.15) is 80.3 Å². The summed E-state index contributed by atoms with van der Waals surface area (Å²) in [6.07, 6.45) is 6.10. The zero-order valence-corrected chi connectivity index (χ0v) is 31.7. The van der Waals surface area contributed by atoms with E-state index in [9.17, 15) is 9.59 Å². The number of fused-ring (bicyclic) bond motifs is 10. The second-order valence-corrected chi connectivity index (χ2v) is 16.1. The standard InChI is InChI=1S/C49H39N3O6/c53-44(51-20-19-36-34-10-3-4-11-39(34)50-46(36)48(51)30-14-16-41-43(24-30)58-27-56-41)17-12-28-6-5-7-31(22-28)49(54)52-21-18-35-32-8-1-2-9-33(32)37-25-38(37)45(35)47(52)29-13-15-40-42(23-29)57-26-55-40/h1-17,22-24,37-38,47-48,50H,18-21,25-27H2/b17-12+/t37?,38-,47?,48?/m1/s1. The van der Waals surface area contributed by atoms with Crippen molar-refractivity contribution >= 4 is 34.4 Å². The molecule has 4 aliphatic heterocycles. The molecule has 2 aliphatic carbocycles. The fourth-order valence-corrected chi connectivity index (χ4v) is 10.3. The summed E-state index contributed by atoms with van der Waals surface area (Å²) < 4.78 is 22.9. The van der Waals surface area contributed by atoms with Gasteiger partial charge in [0.25, 0.3) is 5.91 Å². The highest BCUT2D eigenvalue weighted by Gasteiger charge is 2.52. The molecule has 1 saturated carbocycles. The summed E-state index contributed by atoms with van der Waals surface area (Å²) in [5, 5.41) is 1.18. The van der Waals surface area contributed by atoms with Crippen LogP contribution in [0.25, 0.3) is 22.6 Å². The summed E-state index contributed by atoms with van der Waals surface area (Å²) in [5.41, 5.74) is 12.2. The summed E-state index contributed by atoms with van der Waals surface area (Å²) in [7, 11) is 0. The second-order valence-electron chi connectivity index (χ2n) is 16.1. The highest BCUT2D eigenvalue weighted by Crippen LogP contribution is 2.63. The smallest absolute Gasteiger partial charge is 0.254 e. The molecule has 5 aromatic carbocycles. The fraction of sp³-hybridized carbons (Fsp3) is 0.224. The quantitative estimate of drug-likeness (QED) is 0.176. The number of carbonyl (C=O) groups excluding carboxylic acids is 2. The number of hydrogen-bond acceptors (Lipinski definition) is 6. The molecule has 0 radical (unpaired) electrons. The first-order valence-corrected chi connectivity index (χ1v) is 20.2. The minimum Gasteiger partial charge on any atom is -0.454 e. The van der Waals surface area contributed by atoms with E-state index in [-0.39, 0.29) is 37.5 Å². The van der Waals surface area contributed by atoms with Gasteiger partial charge in [0.2, 0.25) is 19.5 Å². The van der Waals surface area contributed by atoms with E-state index < -0.39 is 0 Å². The molecular formula is C49H39N3O6. The molecule has 4 atom stereocenters. The maximum atomic E-state index is 14.8. The lowest BCUT2D eigenvalue weighted by Crippen LogP contribution is -2.41. The second kappa shape index (κ2) is 12.9. The van der Waals surface area contributed by atoms with Crippen LogP contribution in [0.2, 0.25) is 0 Å². The van der Waals surface area contributed by atoms with Gasteiger partial charge in [-0.3, -0.25) is 9.59 Å². The van der Waals surface area contributed by atoms with Gasteiger partial charge in [0, 0.05) is 41.3 Å². The van der Waals surface area contributed by atoms with Crippen LogP contribution in [0.5, 0.6) is 23.0 Å². The van der Waals surface area contributed by atoms with Gasteiger partial charge in [0.15, 0.2) is 23.0 Å². The Morgan fingerprint density at radius 2 is 1.40 bits per heavy atom. The average molecular weight is 766 g/mol. The molecule has 0 spiro atoms. The van der Waals surface area contributed by atoms with Crippen molar-refractivity contribution in [1.29, 1.82) is 0 Å². The first-order valence-electron chi connectivity index (χ1n) is 20.2. The number of para-hydroxylation sites is 1. The highest BCUT2D eigenvalue weighted by atomic mass is 16.7. The number of rotatable bonds is 5. The van der Waals surface area contributed by atoms with E-state index in [1.54, 1.807) is 6.08 Å². The van der Waals surface area contributed by atoms with Gasteiger partial charge in [-0.2, -0.15) is 0 Å². The van der Waals surface area contributed by atoms with Crippen LogP contribution in [0, 0.1) is 5.92 Å². The van der Waals surface area contributed by atoms with Gasteiger partial charge in [-0.25, -0.2) is 0 Å². The highest BCUT2D eigenvalue weighted by molar-refractivity contribution is 5.98. The summed E-state index contributed by atoms with van der Waals surface area (Å²) in [4.78, 5) is 36.7. The molecule has 6 aliphatic rings. The first kappa shape index (κ1) is 33.4. The molecule has 9 nitrogen and oxygen atoms in total. The van der Waals surface area contributed by atoms with E-state index in [1.807, 2.05) is 65.6 Å². The van der Waals surface area contributed by atoms with Crippen molar-refractivity contribution in [2.45, 2.75) is 37.3 Å². The Balaban J connectivity index is 0.864. The molecule has 1 fully saturated rings. The molecule has 3 unspecified atom stereocenters. The van der Waals surface area contributed by atoms with E-state index in [4.69, 9.17) is 18.9 Å². The van der Waals surface area contributed by atoms with Crippen LogP contribution in [0.3, 0.4) is 0 Å². The van der Waals surface area contributed by atoms with Gasteiger partial charge >= 0.3 is 0 Å². The van der Waals surface area contributed by atoms with Crippen molar-refractivity contribution in [3.05, 3.63) is 165 Å². The van der Waals surface area contributed by atoms with E-state index >= 15 is 0 Å². The van der Waals surface area contributed by atoms with Gasteiger partial charge in [-0.05, 0) is 124 Å². The number of benzene rings is 5. The zero-order valence-electron chi connectivity index (χ0n) is 31.7. The Morgan fingerprint density at radius 1 is 0.672 bits per heavy atom. The van der Waals surface area contributed by atoms with Crippen molar-refractivity contribution in [2.75, 3.05) is 26.7 Å². The summed E-state index contributed by atoms with van der Waals surface area (Å²) >= 11 is 0. The number of aromatic amines is 1. The molecule has 6 aromatic rings. The van der Waals surface area contributed by atoms with Crippen molar-refractivity contribution in [2.24, 2.45) is 5.92 Å². The Labute approximate surface area is 335 Å². The number of carbonyl (C=O) groups is 2. The van der Waals surface area contributed by atoms with E-state index in [2.05, 4.69) is 64.5 Å². The number of hydrogen-bond donors (Lipinski definition) is 1. The van der Waals surface area contributed by atoms with Gasteiger partial charge in [0.05, 0.1) is 12.1 Å². The largest absolute Gasteiger partial charge is 0.454 e. The molecule has 2 amide bonds. The molecule has 1 N–H and O–H groups in total. The first-order chi connectivity index (χ1) is 28.6.